The minimum Gasteiger partial charge on any atom is -0.369 e. The van der Waals surface area contributed by atoms with Gasteiger partial charge in [0, 0.05) is 11.4 Å². The summed E-state index contributed by atoms with van der Waals surface area (Å²) in [5, 5.41) is 4.81. The molecular weight excluding hydrogens is 302 g/mol. The van der Waals surface area contributed by atoms with Crippen molar-refractivity contribution in [2.75, 3.05) is 11.9 Å². The van der Waals surface area contributed by atoms with Crippen LogP contribution < -0.4 is 5.32 Å². The highest BCUT2D eigenvalue weighted by Crippen LogP contribution is 2.39. The molecule has 1 aliphatic carbocycles. The van der Waals surface area contributed by atoms with Crippen molar-refractivity contribution in [1.29, 1.82) is 0 Å². The maximum atomic E-state index is 4.53. The summed E-state index contributed by atoms with van der Waals surface area (Å²) in [6.45, 7) is 3.25. The zero-order valence-corrected chi connectivity index (χ0v) is 14.2. The summed E-state index contributed by atoms with van der Waals surface area (Å²) in [6, 6.07) is 10.6. The summed E-state index contributed by atoms with van der Waals surface area (Å²) < 4.78 is 0. The number of hydrogen-bond acceptors (Lipinski definition) is 4. The third-order valence-electron chi connectivity index (χ3n) is 4.64. The van der Waals surface area contributed by atoms with Gasteiger partial charge in [-0.1, -0.05) is 37.3 Å². The van der Waals surface area contributed by atoms with Gasteiger partial charge in [-0.25, -0.2) is 9.97 Å². The summed E-state index contributed by atoms with van der Waals surface area (Å²) >= 11 is 1.85. The number of hydrogen-bond donors (Lipinski definition) is 1. The third-order valence-corrected chi connectivity index (χ3v) is 5.84. The lowest BCUT2D eigenvalue weighted by Gasteiger charge is -2.18. The molecule has 0 fully saturated rings. The lowest BCUT2D eigenvalue weighted by Crippen LogP contribution is -2.11. The molecule has 2 aromatic heterocycles. The Morgan fingerprint density at radius 2 is 2.09 bits per heavy atom. The summed E-state index contributed by atoms with van der Waals surface area (Å²) in [7, 11) is 0. The Balaban J connectivity index is 1.58. The first-order valence-corrected chi connectivity index (χ1v) is 9.16. The van der Waals surface area contributed by atoms with Crippen molar-refractivity contribution in [3.63, 3.8) is 0 Å². The summed E-state index contributed by atoms with van der Waals surface area (Å²) in [4.78, 5) is 11.7. The first kappa shape index (κ1) is 14.6. The lowest BCUT2D eigenvalue weighted by atomic mass is 9.88. The van der Waals surface area contributed by atoms with Crippen LogP contribution in [0.4, 0.5) is 5.82 Å². The second kappa shape index (κ2) is 6.28. The van der Waals surface area contributed by atoms with E-state index in [-0.39, 0.29) is 0 Å². The van der Waals surface area contributed by atoms with E-state index in [4.69, 9.17) is 0 Å². The Morgan fingerprint density at radius 3 is 2.96 bits per heavy atom. The molecule has 2 heterocycles. The van der Waals surface area contributed by atoms with Crippen LogP contribution in [0.3, 0.4) is 0 Å². The van der Waals surface area contributed by atoms with Gasteiger partial charge in [0.25, 0.3) is 0 Å². The molecule has 0 bridgehead atoms. The van der Waals surface area contributed by atoms with Gasteiger partial charge < -0.3 is 5.32 Å². The van der Waals surface area contributed by atoms with Gasteiger partial charge in [-0.2, -0.15) is 0 Å². The maximum Gasteiger partial charge on any atom is 0.138 e. The largest absolute Gasteiger partial charge is 0.369 e. The van der Waals surface area contributed by atoms with E-state index >= 15 is 0 Å². The average Bonchev–Trinajstić information content (AvgIpc) is 2.94. The number of aromatic nitrogens is 2. The molecule has 118 valence electrons. The molecule has 23 heavy (non-hydrogen) atoms. The molecule has 0 amide bonds. The van der Waals surface area contributed by atoms with Gasteiger partial charge in [-0.15, -0.1) is 11.3 Å². The van der Waals surface area contributed by atoms with Crippen LogP contribution in [0.15, 0.2) is 36.7 Å². The lowest BCUT2D eigenvalue weighted by molar-refractivity contribution is 0.508. The summed E-state index contributed by atoms with van der Waals surface area (Å²) in [5.41, 5.74) is 2.85. The predicted molar refractivity (Wildman–Crippen MR) is 97.2 cm³/mol. The minimum atomic E-state index is 0.762. The van der Waals surface area contributed by atoms with Crippen LogP contribution in [0.25, 0.3) is 10.2 Å². The molecule has 1 N–H and O–H groups in total. The molecule has 3 aromatic rings. The van der Waals surface area contributed by atoms with Gasteiger partial charge in [0.15, 0.2) is 0 Å². The number of thiophene rings is 1. The van der Waals surface area contributed by atoms with Gasteiger partial charge in [0.2, 0.25) is 0 Å². The fourth-order valence-electron chi connectivity index (χ4n) is 3.39. The number of nitrogens with zero attached hydrogens (tertiary/aromatic N) is 2. The molecule has 1 aliphatic rings. The second-order valence-corrected chi connectivity index (χ2v) is 7.50. The van der Waals surface area contributed by atoms with E-state index in [0.717, 1.165) is 36.0 Å². The molecule has 4 heteroatoms. The van der Waals surface area contributed by atoms with Crippen LogP contribution in [-0.4, -0.2) is 16.5 Å². The Hall–Kier alpha value is -1.94. The number of nitrogens with one attached hydrogen (secondary N) is 1. The van der Waals surface area contributed by atoms with E-state index in [0.29, 0.717) is 0 Å². The van der Waals surface area contributed by atoms with Crippen LogP contribution in [0.2, 0.25) is 0 Å². The van der Waals surface area contributed by atoms with Crippen molar-refractivity contribution >= 4 is 27.4 Å². The maximum absolute atomic E-state index is 4.53. The highest BCUT2D eigenvalue weighted by atomic mass is 32.1. The Bertz CT molecular complexity index is 810. The van der Waals surface area contributed by atoms with E-state index in [1.165, 1.54) is 34.2 Å². The Morgan fingerprint density at radius 1 is 1.22 bits per heavy atom. The molecule has 1 aromatic carbocycles. The van der Waals surface area contributed by atoms with Crippen LogP contribution in [-0.2, 0) is 19.3 Å². The first-order chi connectivity index (χ1) is 11.3. The average molecular weight is 323 g/mol. The molecular formula is C19H21N3S. The second-order valence-electron chi connectivity index (χ2n) is 6.42. The molecule has 1 atom stereocenters. The van der Waals surface area contributed by atoms with E-state index in [2.05, 4.69) is 52.5 Å². The summed E-state index contributed by atoms with van der Waals surface area (Å²) in [6.07, 6.45) is 6.36. The van der Waals surface area contributed by atoms with Crippen molar-refractivity contribution in [2.24, 2.45) is 5.92 Å². The van der Waals surface area contributed by atoms with Crippen molar-refractivity contribution in [2.45, 2.75) is 32.6 Å². The fourth-order valence-corrected chi connectivity index (χ4v) is 4.57. The van der Waals surface area contributed by atoms with Crippen LogP contribution in [0, 0.1) is 5.92 Å². The molecule has 0 saturated carbocycles. The van der Waals surface area contributed by atoms with E-state index in [1.807, 2.05) is 11.3 Å². The predicted octanol–water partition coefficient (Wildman–Crippen LogP) is 4.47. The first-order valence-electron chi connectivity index (χ1n) is 8.34. The molecule has 3 nitrogen and oxygen atoms in total. The standard InChI is InChI=1S/C19H21N3S/c1-13-7-8-16-15(11-13)17-18(21-12-22-19(17)23-16)20-10-9-14-5-3-2-4-6-14/h2-6,12-13H,7-11H2,1H3,(H,20,21,22). The Kier molecular flexibility index (Phi) is 4.00. The zero-order valence-electron chi connectivity index (χ0n) is 13.4. The van der Waals surface area contributed by atoms with Gasteiger partial charge in [0.1, 0.15) is 17.0 Å². The van der Waals surface area contributed by atoms with Crippen molar-refractivity contribution in [1.82, 2.24) is 9.97 Å². The van der Waals surface area contributed by atoms with E-state index in [9.17, 15) is 0 Å². The van der Waals surface area contributed by atoms with Crippen LogP contribution in [0.5, 0.6) is 0 Å². The Labute approximate surface area is 140 Å². The number of aryl methyl sites for hydroxylation is 1. The van der Waals surface area contributed by atoms with E-state index < -0.39 is 0 Å². The van der Waals surface area contributed by atoms with Gasteiger partial charge in [-0.05, 0) is 42.7 Å². The van der Waals surface area contributed by atoms with E-state index in [1.54, 1.807) is 6.33 Å². The summed E-state index contributed by atoms with van der Waals surface area (Å²) in [5.74, 6) is 1.77. The van der Waals surface area contributed by atoms with Crippen molar-refractivity contribution < 1.29 is 0 Å². The van der Waals surface area contributed by atoms with Crippen molar-refractivity contribution in [3.8, 4) is 0 Å². The number of benzene rings is 1. The monoisotopic (exact) mass is 323 g/mol. The van der Waals surface area contributed by atoms with Crippen LogP contribution >= 0.6 is 11.3 Å². The molecule has 4 rings (SSSR count). The van der Waals surface area contributed by atoms with Gasteiger partial charge in [0.05, 0.1) is 5.39 Å². The molecule has 0 aliphatic heterocycles. The highest BCUT2D eigenvalue weighted by molar-refractivity contribution is 7.19. The zero-order chi connectivity index (χ0) is 15.6. The number of rotatable bonds is 4. The fraction of sp³-hybridized carbons (Fsp3) is 0.368. The number of fused-ring (bicyclic) bond motifs is 3. The molecule has 0 radical (unpaired) electrons. The smallest absolute Gasteiger partial charge is 0.138 e. The SMILES string of the molecule is CC1CCc2sc3ncnc(NCCc4ccccc4)c3c2C1. The minimum absolute atomic E-state index is 0.762. The van der Waals surface area contributed by atoms with Crippen LogP contribution in [0.1, 0.15) is 29.3 Å². The van der Waals surface area contributed by atoms with Gasteiger partial charge in [-0.3, -0.25) is 0 Å². The highest BCUT2D eigenvalue weighted by Gasteiger charge is 2.22. The number of anilines is 1. The quantitative estimate of drug-likeness (QED) is 0.770. The molecule has 0 spiro atoms. The third kappa shape index (κ3) is 2.95. The topological polar surface area (TPSA) is 37.8 Å². The molecule has 0 saturated heterocycles. The van der Waals surface area contributed by atoms with Crippen molar-refractivity contribution in [3.05, 3.63) is 52.7 Å². The molecule has 1 unspecified atom stereocenters. The normalized spacial score (nSPS) is 17.2. The van der Waals surface area contributed by atoms with Gasteiger partial charge >= 0.3 is 0 Å².